The minimum atomic E-state index is -0.181. The van der Waals surface area contributed by atoms with Gasteiger partial charge in [-0.25, -0.2) is 0 Å². The molecule has 0 radical (unpaired) electrons. The number of fused-ring (bicyclic) bond motifs is 4. The molecule has 0 unspecified atom stereocenters. The Morgan fingerprint density at radius 2 is 1.33 bits per heavy atom. The first-order valence-corrected chi connectivity index (χ1v) is 10.3. The first-order chi connectivity index (χ1) is 14.7. The fourth-order valence-electron chi connectivity index (χ4n) is 4.85. The zero-order valence-corrected chi connectivity index (χ0v) is 17.0. The molecule has 6 rings (SSSR count). The number of rotatable bonds is 2. The maximum Gasteiger partial charge on any atom is 0.503 e. The van der Waals surface area contributed by atoms with Gasteiger partial charge in [0.2, 0.25) is 11.4 Å². The molecule has 2 heterocycles. The monoisotopic (exact) mass is 387 g/mol. The highest BCUT2D eigenvalue weighted by Crippen LogP contribution is 2.52. The first-order valence-electron chi connectivity index (χ1n) is 10.3. The number of para-hydroxylation sites is 3. The van der Waals surface area contributed by atoms with Crippen molar-refractivity contribution >= 4 is 28.8 Å². The van der Waals surface area contributed by atoms with Gasteiger partial charge in [-0.1, -0.05) is 48.5 Å². The van der Waals surface area contributed by atoms with Gasteiger partial charge in [0.25, 0.3) is 11.4 Å². The molecule has 3 nitrogen and oxygen atoms in total. The third-order valence-electron chi connectivity index (χ3n) is 6.18. The number of aromatic nitrogens is 1. The summed E-state index contributed by atoms with van der Waals surface area (Å²) < 4.78 is 4.34. The minimum Gasteiger partial charge on any atom is -0.260 e. The molecule has 0 bridgehead atoms. The lowest BCUT2D eigenvalue weighted by atomic mass is 9.84. The van der Waals surface area contributed by atoms with E-state index < -0.39 is 0 Å². The Kier molecular flexibility index (Phi) is 3.47. The molecule has 0 amide bonds. The summed E-state index contributed by atoms with van der Waals surface area (Å²) in [5, 5.41) is 0. The van der Waals surface area contributed by atoms with E-state index in [1.165, 1.54) is 16.7 Å². The number of pyridine rings is 1. The van der Waals surface area contributed by atoms with Crippen LogP contribution in [0.25, 0.3) is 11.1 Å². The molecule has 0 saturated heterocycles. The van der Waals surface area contributed by atoms with Crippen molar-refractivity contribution in [1.82, 2.24) is 14.1 Å². The van der Waals surface area contributed by atoms with Crippen molar-refractivity contribution in [2.45, 2.75) is 19.3 Å². The summed E-state index contributed by atoms with van der Waals surface area (Å²) in [5.41, 5.74) is 9.27. The second kappa shape index (κ2) is 6.09. The fourth-order valence-corrected chi connectivity index (χ4v) is 4.85. The topological polar surface area (TPSA) is 18.9 Å². The van der Waals surface area contributed by atoms with Crippen LogP contribution >= 0.6 is 0 Å². The SMILES string of the molecule is CC1(C)c2ncccc2-c2cccc([N+]3=C=[N+](c4ccccc4)c4ccccc43)c21. The van der Waals surface area contributed by atoms with Crippen LogP contribution in [0.4, 0.5) is 22.7 Å². The van der Waals surface area contributed by atoms with Crippen molar-refractivity contribution in [2.75, 3.05) is 0 Å². The molecule has 0 spiro atoms. The molecule has 30 heavy (non-hydrogen) atoms. The van der Waals surface area contributed by atoms with Gasteiger partial charge in [-0.3, -0.25) is 4.98 Å². The minimum absolute atomic E-state index is 0.181. The molecule has 0 atom stereocenters. The van der Waals surface area contributed by atoms with E-state index in [2.05, 4.69) is 102 Å². The van der Waals surface area contributed by atoms with Crippen LogP contribution in [0.3, 0.4) is 0 Å². The lowest BCUT2D eigenvalue weighted by molar-refractivity contribution is 0.634. The lowest BCUT2D eigenvalue weighted by Gasteiger charge is -2.20. The molecule has 1 aliphatic heterocycles. The Balaban J connectivity index is 1.66. The molecule has 0 fully saturated rings. The summed E-state index contributed by atoms with van der Waals surface area (Å²) >= 11 is 0. The Morgan fingerprint density at radius 3 is 2.13 bits per heavy atom. The van der Waals surface area contributed by atoms with Gasteiger partial charge in [0.15, 0.2) is 0 Å². The van der Waals surface area contributed by atoms with Crippen molar-refractivity contribution in [3.8, 4) is 11.1 Å². The summed E-state index contributed by atoms with van der Waals surface area (Å²) in [4.78, 5) is 4.75. The zero-order chi connectivity index (χ0) is 20.3. The standard InChI is InChI=1S/C27H21N3/c1-27(2)25-20(21-13-9-17-28-26(21)27)12-8-16-24(25)30-18-29(19-10-4-3-5-11-19)22-14-6-7-15-23(22)30/h3-17H,1-2H3/q+2. The largest absolute Gasteiger partial charge is 0.503 e. The summed E-state index contributed by atoms with van der Waals surface area (Å²) in [6.07, 6.45) is 1.90. The second-order valence-electron chi connectivity index (χ2n) is 8.32. The summed E-state index contributed by atoms with van der Waals surface area (Å²) in [6.45, 7) is 4.54. The maximum atomic E-state index is 4.75. The summed E-state index contributed by atoms with van der Waals surface area (Å²) in [5.74, 6) is 0. The maximum absolute atomic E-state index is 4.75. The smallest absolute Gasteiger partial charge is 0.260 e. The third-order valence-corrected chi connectivity index (χ3v) is 6.18. The molecule has 4 aromatic rings. The van der Waals surface area contributed by atoms with Gasteiger partial charge in [0.05, 0.1) is 5.69 Å². The number of nitrogens with zero attached hydrogens (tertiary/aromatic N) is 3. The Hall–Kier alpha value is -3.81. The molecule has 0 N–H and O–H groups in total. The van der Waals surface area contributed by atoms with Crippen LogP contribution < -0.4 is 9.15 Å². The molecule has 3 heteroatoms. The van der Waals surface area contributed by atoms with Gasteiger partial charge in [-0.2, -0.15) is 0 Å². The molecule has 1 aliphatic carbocycles. The van der Waals surface area contributed by atoms with Gasteiger partial charge in [0, 0.05) is 53.1 Å². The lowest BCUT2D eigenvalue weighted by Crippen LogP contribution is -2.19. The highest BCUT2D eigenvalue weighted by atomic mass is 15.2. The summed E-state index contributed by atoms with van der Waals surface area (Å²) in [7, 11) is 0. The normalized spacial score (nSPS) is 15.1. The van der Waals surface area contributed by atoms with Crippen LogP contribution in [0.15, 0.2) is 91.1 Å². The number of hydrogen-bond acceptors (Lipinski definition) is 1. The Morgan fingerprint density at radius 1 is 0.667 bits per heavy atom. The quantitative estimate of drug-likeness (QED) is 0.328. The second-order valence-corrected chi connectivity index (χ2v) is 8.32. The predicted octanol–water partition coefficient (Wildman–Crippen LogP) is 6.24. The van der Waals surface area contributed by atoms with E-state index >= 15 is 0 Å². The van der Waals surface area contributed by atoms with Crippen LogP contribution in [0.5, 0.6) is 0 Å². The van der Waals surface area contributed by atoms with E-state index in [0.717, 1.165) is 28.4 Å². The number of hydrogen-bond donors (Lipinski definition) is 0. The van der Waals surface area contributed by atoms with Gasteiger partial charge in [-0.15, -0.1) is 0 Å². The van der Waals surface area contributed by atoms with Crippen molar-refractivity contribution in [3.63, 3.8) is 0 Å². The Labute approximate surface area is 175 Å². The van der Waals surface area contributed by atoms with Crippen molar-refractivity contribution in [1.29, 1.82) is 0 Å². The van der Waals surface area contributed by atoms with E-state index in [0.29, 0.717) is 0 Å². The van der Waals surface area contributed by atoms with Crippen LogP contribution in [-0.2, 0) is 5.41 Å². The average molecular weight is 387 g/mol. The predicted molar refractivity (Wildman–Crippen MR) is 123 cm³/mol. The van der Waals surface area contributed by atoms with Crippen LogP contribution in [0, 0.1) is 0 Å². The van der Waals surface area contributed by atoms with Crippen molar-refractivity contribution in [2.24, 2.45) is 0 Å². The molecule has 1 aromatic heterocycles. The fraction of sp³-hybridized carbons (Fsp3) is 0.111. The van der Waals surface area contributed by atoms with Crippen LogP contribution in [0.2, 0.25) is 0 Å². The van der Waals surface area contributed by atoms with Crippen molar-refractivity contribution in [3.05, 3.63) is 102 Å². The number of benzene rings is 3. The van der Waals surface area contributed by atoms with Crippen LogP contribution in [0.1, 0.15) is 25.1 Å². The van der Waals surface area contributed by atoms with Gasteiger partial charge in [-0.05, 0) is 34.6 Å². The van der Waals surface area contributed by atoms with Gasteiger partial charge >= 0.3 is 6.01 Å². The molecule has 3 aromatic carbocycles. The van der Waals surface area contributed by atoms with E-state index in [9.17, 15) is 0 Å². The highest BCUT2D eigenvalue weighted by Gasteiger charge is 2.45. The first kappa shape index (κ1) is 17.1. The Bertz CT molecular complexity index is 1390. The zero-order valence-electron chi connectivity index (χ0n) is 17.0. The molecular weight excluding hydrogens is 366 g/mol. The van der Waals surface area contributed by atoms with Gasteiger partial charge < -0.3 is 0 Å². The summed E-state index contributed by atoms with van der Waals surface area (Å²) in [6, 6.07) is 33.3. The van der Waals surface area contributed by atoms with E-state index in [1.54, 1.807) is 0 Å². The van der Waals surface area contributed by atoms with Crippen LogP contribution in [-0.4, -0.2) is 11.0 Å². The third kappa shape index (κ3) is 2.24. The molecule has 142 valence electrons. The average Bonchev–Trinajstić information content (AvgIpc) is 3.29. The molecule has 0 saturated carbocycles. The van der Waals surface area contributed by atoms with Gasteiger partial charge in [0.1, 0.15) is 0 Å². The van der Waals surface area contributed by atoms with E-state index in [-0.39, 0.29) is 5.41 Å². The van der Waals surface area contributed by atoms with E-state index in [1.807, 2.05) is 18.3 Å². The molecule has 2 aliphatic rings. The van der Waals surface area contributed by atoms with Crippen molar-refractivity contribution < 1.29 is 0 Å². The molecular formula is C27H21N3+2. The van der Waals surface area contributed by atoms with E-state index in [4.69, 9.17) is 4.98 Å². The highest BCUT2D eigenvalue weighted by molar-refractivity contribution is 5.90.